The molecule has 0 aromatic heterocycles. The van der Waals surface area contributed by atoms with Gasteiger partial charge in [-0.05, 0) is 19.4 Å². The standard InChI is InChI=1S/C17H25N3O3/c1-2-18-9-11-19(12-10-18)15(21)7-8-20-16(22)13-5-3-4-6-14(13)17(20)23/h3-4,13-14H,2,5-12H2,1H3/t13-,14+. The SMILES string of the molecule is CCN1CCN(C(=O)CCN2C(=O)[C@H]3CC=CC[C@H]3C2=O)CC1. The zero-order chi connectivity index (χ0) is 16.4. The Labute approximate surface area is 137 Å². The lowest BCUT2D eigenvalue weighted by Crippen LogP contribution is -2.49. The molecular weight excluding hydrogens is 294 g/mol. The summed E-state index contributed by atoms with van der Waals surface area (Å²) >= 11 is 0. The van der Waals surface area contributed by atoms with Gasteiger partial charge in [0.2, 0.25) is 17.7 Å². The fourth-order valence-electron chi connectivity index (χ4n) is 3.77. The van der Waals surface area contributed by atoms with Gasteiger partial charge in [-0.3, -0.25) is 19.3 Å². The van der Waals surface area contributed by atoms with Crippen molar-refractivity contribution in [3.05, 3.63) is 12.2 Å². The Morgan fingerprint density at radius 1 is 1.04 bits per heavy atom. The van der Waals surface area contributed by atoms with Crippen molar-refractivity contribution < 1.29 is 14.4 Å². The number of likely N-dealkylation sites (tertiary alicyclic amines) is 1. The number of fused-ring (bicyclic) bond motifs is 1. The van der Waals surface area contributed by atoms with Crippen LogP contribution in [0.3, 0.4) is 0 Å². The maximum atomic E-state index is 12.4. The molecule has 1 aliphatic carbocycles. The monoisotopic (exact) mass is 319 g/mol. The Morgan fingerprint density at radius 2 is 1.61 bits per heavy atom. The Kier molecular flexibility index (Phi) is 4.80. The lowest BCUT2D eigenvalue weighted by molar-refractivity contribution is -0.141. The molecular formula is C17H25N3O3. The highest BCUT2D eigenvalue weighted by Crippen LogP contribution is 2.35. The van der Waals surface area contributed by atoms with Crippen molar-refractivity contribution in [3.63, 3.8) is 0 Å². The predicted molar refractivity (Wildman–Crippen MR) is 85.4 cm³/mol. The van der Waals surface area contributed by atoms with E-state index in [0.717, 1.165) is 32.7 Å². The lowest BCUT2D eigenvalue weighted by atomic mass is 9.85. The van der Waals surface area contributed by atoms with Crippen LogP contribution in [0.15, 0.2) is 12.2 Å². The molecule has 0 saturated carbocycles. The van der Waals surface area contributed by atoms with E-state index in [1.165, 1.54) is 4.90 Å². The molecule has 3 amide bonds. The number of piperazine rings is 1. The quantitative estimate of drug-likeness (QED) is 0.559. The zero-order valence-electron chi connectivity index (χ0n) is 13.7. The van der Waals surface area contributed by atoms with Gasteiger partial charge in [0.1, 0.15) is 0 Å². The molecule has 23 heavy (non-hydrogen) atoms. The van der Waals surface area contributed by atoms with Crippen molar-refractivity contribution in [1.29, 1.82) is 0 Å². The van der Waals surface area contributed by atoms with E-state index in [-0.39, 0.29) is 42.5 Å². The number of nitrogens with zero attached hydrogens (tertiary/aromatic N) is 3. The van der Waals surface area contributed by atoms with Crippen molar-refractivity contribution in [2.24, 2.45) is 11.8 Å². The minimum absolute atomic E-state index is 0.0503. The van der Waals surface area contributed by atoms with Gasteiger partial charge in [0, 0.05) is 39.1 Å². The molecule has 2 heterocycles. The summed E-state index contributed by atoms with van der Waals surface area (Å²) in [5.41, 5.74) is 0. The van der Waals surface area contributed by atoms with Crippen molar-refractivity contribution >= 4 is 17.7 Å². The Bertz CT molecular complexity index is 497. The van der Waals surface area contributed by atoms with Crippen molar-refractivity contribution in [3.8, 4) is 0 Å². The van der Waals surface area contributed by atoms with Gasteiger partial charge in [-0.25, -0.2) is 0 Å². The van der Waals surface area contributed by atoms with Crippen molar-refractivity contribution in [1.82, 2.24) is 14.7 Å². The largest absolute Gasteiger partial charge is 0.340 e. The second-order valence-corrected chi connectivity index (χ2v) is 6.55. The van der Waals surface area contributed by atoms with Crippen LogP contribution in [-0.4, -0.2) is 71.7 Å². The van der Waals surface area contributed by atoms with Gasteiger partial charge in [-0.2, -0.15) is 0 Å². The molecule has 0 radical (unpaired) electrons. The van der Waals surface area contributed by atoms with Gasteiger partial charge < -0.3 is 9.80 Å². The van der Waals surface area contributed by atoms with Crippen LogP contribution >= 0.6 is 0 Å². The van der Waals surface area contributed by atoms with E-state index in [4.69, 9.17) is 0 Å². The normalized spacial score (nSPS) is 28.4. The second kappa shape index (κ2) is 6.83. The van der Waals surface area contributed by atoms with Crippen molar-refractivity contribution in [2.75, 3.05) is 39.3 Å². The minimum atomic E-state index is -0.198. The van der Waals surface area contributed by atoms with E-state index in [1.807, 2.05) is 17.1 Å². The number of hydrogen-bond acceptors (Lipinski definition) is 4. The average Bonchev–Trinajstić information content (AvgIpc) is 2.84. The third-order valence-corrected chi connectivity index (χ3v) is 5.32. The third kappa shape index (κ3) is 3.17. The highest BCUT2D eigenvalue weighted by Gasteiger charge is 2.47. The van der Waals surface area contributed by atoms with E-state index < -0.39 is 0 Å². The lowest BCUT2D eigenvalue weighted by Gasteiger charge is -2.34. The average molecular weight is 319 g/mol. The molecule has 0 unspecified atom stereocenters. The van der Waals surface area contributed by atoms with Gasteiger partial charge in [-0.1, -0.05) is 19.1 Å². The van der Waals surface area contributed by atoms with E-state index in [0.29, 0.717) is 12.8 Å². The Hall–Kier alpha value is -1.69. The molecule has 0 aromatic carbocycles. The smallest absolute Gasteiger partial charge is 0.233 e. The molecule has 6 nitrogen and oxygen atoms in total. The molecule has 126 valence electrons. The van der Waals surface area contributed by atoms with Crippen molar-refractivity contribution in [2.45, 2.75) is 26.2 Å². The molecule has 0 N–H and O–H groups in total. The van der Waals surface area contributed by atoms with Gasteiger partial charge in [0.15, 0.2) is 0 Å². The highest BCUT2D eigenvalue weighted by molar-refractivity contribution is 6.05. The Morgan fingerprint density at radius 3 is 2.13 bits per heavy atom. The summed E-state index contributed by atoms with van der Waals surface area (Å²) in [6.45, 7) is 6.65. The minimum Gasteiger partial charge on any atom is -0.340 e. The van der Waals surface area contributed by atoms with E-state index >= 15 is 0 Å². The Balaban J connectivity index is 1.51. The van der Waals surface area contributed by atoms with Gasteiger partial charge in [0.05, 0.1) is 11.8 Å². The predicted octanol–water partition coefficient (Wildman–Crippen LogP) is 0.492. The number of allylic oxidation sites excluding steroid dienone is 2. The molecule has 3 rings (SSSR count). The van der Waals surface area contributed by atoms with E-state index in [9.17, 15) is 14.4 Å². The fraction of sp³-hybridized carbons (Fsp3) is 0.706. The molecule has 6 heteroatoms. The molecule has 2 atom stereocenters. The third-order valence-electron chi connectivity index (χ3n) is 5.32. The van der Waals surface area contributed by atoms with Crippen LogP contribution in [0.5, 0.6) is 0 Å². The van der Waals surface area contributed by atoms with Crippen LogP contribution in [-0.2, 0) is 14.4 Å². The summed E-state index contributed by atoms with van der Waals surface area (Å²) in [5.74, 6) is -0.526. The first-order valence-electron chi connectivity index (χ1n) is 8.62. The first-order valence-corrected chi connectivity index (χ1v) is 8.62. The summed E-state index contributed by atoms with van der Waals surface area (Å²) in [4.78, 5) is 42.5. The number of amides is 3. The van der Waals surface area contributed by atoms with Crippen LogP contribution in [0.4, 0.5) is 0 Å². The number of carbonyl (C=O) groups excluding carboxylic acids is 3. The first-order chi connectivity index (χ1) is 11.1. The highest BCUT2D eigenvalue weighted by atomic mass is 16.2. The van der Waals surface area contributed by atoms with Crippen LogP contribution in [0.1, 0.15) is 26.2 Å². The summed E-state index contributed by atoms with van der Waals surface area (Å²) in [6, 6.07) is 0. The fourth-order valence-corrected chi connectivity index (χ4v) is 3.77. The summed E-state index contributed by atoms with van der Waals surface area (Å²) in [5, 5.41) is 0. The van der Waals surface area contributed by atoms with Crippen LogP contribution in [0, 0.1) is 11.8 Å². The van der Waals surface area contributed by atoms with Crippen LogP contribution < -0.4 is 0 Å². The number of rotatable bonds is 4. The van der Waals surface area contributed by atoms with Crippen LogP contribution in [0.25, 0.3) is 0 Å². The number of carbonyl (C=O) groups is 3. The number of imide groups is 1. The summed E-state index contributed by atoms with van der Waals surface area (Å²) in [7, 11) is 0. The molecule has 3 aliphatic rings. The molecule has 2 aliphatic heterocycles. The molecule has 0 aromatic rings. The van der Waals surface area contributed by atoms with Gasteiger partial charge in [0.25, 0.3) is 0 Å². The molecule has 0 bridgehead atoms. The second-order valence-electron chi connectivity index (χ2n) is 6.55. The van der Waals surface area contributed by atoms with E-state index in [1.54, 1.807) is 0 Å². The zero-order valence-corrected chi connectivity index (χ0v) is 13.7. The summed E-state index contributed by atoms with van der Waals surface area (Å²) in [6.07, 6.45) is 5.51. The van der Waals surface area contributed by atoms with Gasteiger partial charge in [-0.15, -0.1) is 0 Å². The first kappa shape index (κ1) is 16.2. The molecule has 2 fully saturated rings. The molecule has 2 saturated heterocycles. The summed E-state index contributed by atoms with van der Waals surface area (Å²) < 4.78 is 0. The molecule has 0 spiro atoms. The van der Waals surface area contributed by atoms with Crippen LogP contribution in [0.2, 0.25) is 0 Å². The number of hydrogen-bond donors (Lipinski definition) is 0. The maximum absolute atomic E-state index is 12.4. The topological polar surface area (TPSA) is 60.9 Å². The number of likely N-dealkylation sites (N-methyl/N-ethyl adjacent to an activating group) is 1. The van der Waals surface area contributed by atoms with Gasteiger partial charge >= 0.3 is 0 Å². The van der Waals surface area contributed by atoms with E-state index in [2.05, 4.69) is 11.8 Å². The maximum Gasteiger partial charge on any atom is 0.233 e.